The number of rotatable bonds is 4. The summed E-state index contributed by atoms with van der Waals surface area (Å²) in [6, 6.07) is 9.36. The fraction of sp³-hybridized carbons (Fsp3) is 0.250. The first-order valence-electron chi connectivity index (χ1n) is 6.75. The molecule has 1 saturated carbocycles. The molecule has 0 bridgehead atoms. The monoisotopic (exact) mass is 268 g/mol. The molecule has 1 N–H and O–H groups in total. The van der Waals surface area contributed by atoms with Gasteiger partial charge < -0.3 is 5.32 Å². The molecule has 1 aliphatic carbocycles. The van der Waals surface area contributed by atoms with Gasteiger partial charge in [-0.2, -0.15) is 0 Å². The maximum Gasteiger partial charge on any atom is 0.268 e. The number of nitrogens with one attached hydrogen (secondary N) is 1. The summed E-state index contributed by atoms with van der Waals surface area (Å²) >= 11 is 0. The van der Waals surface area contributed by atoms with Crippen molar-refractivity contribution in [2.24, 2.45) is 0 Å². The number of allylic oxidation sites excluding steroid dienone is 1. The molecule has 0 spiro atoms. The van der Waals surface area contributed by atoms with Crippen molar-refractivity contribution in [3.63, 3.8) is 0 Å². The van der Waals surface area contributed by atoms with Crippen molar-refractivity contribution in [1.82, 2.24) is 9.88 Å². The first kappa shape index (κ1) is 12.7. The fourth-order valence-corrected chi connectivity index (χ4v) is 2.28. The van der Waals surface area contributed by atoms with Crippen molar-refractivity contribution < 1.29 is 4.79 Å². The lowest BCUT2D eigenvalue weighted by Crippen LogP contribution is -2.33. The largest absolute Gasteiger partial charge is 0.348 e. The van der Waals surface area contributed by atoms with E-state index in [1.807, 2.05) is 18.2 Å². The third-order valence-corrected chi connectivity index (χ3v) is 3.48. The number of carbonyl (C=O) groups is 1. The quantitative estimate of drug-likeness (QED) is 0.863. The number of hydrogen-bond donors (Lipinski definition) is 1. The SMILES string of the molecule is C=CCn1c(C(=O)NC2CC2)cc2ccccc2c1=O. The minimum Gasteiger partial charge on any atom is -0.348 e. The average molecular weight is 268 g/mol. The van der Waals surface area contributed by atoms with Gasteiger partial charge in [-0.3, -0.25) is 14.2 Å². The van der Waals surface area contributed by atoms with Crippen LogP contribution in [0, 0.1) is 0 Å². The highest BCUT2D eigenvalue weighted by molar-refractivity contribution is 5.97. The van der Waals surface area contributed by atoms with E-state index < -0.39 is 0 Å². The second kappa shape index (κ2) is 4.96. The topological polar surface area (TPSA) is 51.1 Å². The van der Waals surface area contributed by atoms with Crippen LogP contribution in [0.25, 0.3) is 10.8 Å². The Kier molecular flexibility index (Phi) is 3.14. The molecule has 1 aromatic carbocycles. The summed E-state index contributed by atoms with van der Waals surface area (Å²) < 4.78 is 1.48. The molecule has 1 aromatic heterocycles. The molecule has 1 amide bonds. The number of hydrogen-bond acceptors (Lipinski definition) is 2. The van der Waals surface area contributed by atoms with Crippen LogP contribution in [0.5, 0.6) is 0 Å². The van der Waals surface area contributed by atoms with Crippen LogP contribution in [-0.4, -0.2) is 16.5 Å². The molecule has 1 aliphatic rings. The van der Waals surface area contributed by atoms with Crippen LogP contribution in [0.1, 0.15) is 23.3 Å². The van der Waals surface area contributed by atoms with Crippen LogP contribution in [0.2, 0.25) is 0 Å². The summed E-state index contributed by atoms with van der Waals surface area (Å²) in [6.45, 7) is 3.99. The number of benzene rings is 1. The molecule has 0 aliphatic heterocycles. The molecule has 4 nitrogen and oxygen atoms in total. The van der Waals surface area contributed by atoms with Crippen LogP contribution >= 0.6 is 0 Å². The van der Waals surface area contributed by atoms with Gasteiger partial charge in [0.15, 0.2) is 0 Å². The van der Waals surface area contributed by atoms with Gasteiger partial charge in [-0.1, -0.05) is 24.3 Å². The molecular formula is C16H16N2O2. The minimum absolute atomic E-state index is 0.149. The molecular weight excluding hydrogens is 252 g/mol. The van der Waals surface area contributed by atoms with Gasteiger partial charge in [0.25, 0.3) is 11.5 Å². The van der Waals surface area contributed by atoms with E-state index >= 15 is 0 Å². The van der Waals surface area contributed by atoms with Crippen molar-refractivity contribution in [3.8, 4) is 0 Å². The zero-order chi connectivity index (χ0) is 14.1. The lowest BCUT2D eigenvalue weighted by Gasteiger charge is -2.12. The van der Waals surface area contributed by atoms with Crippen LogP contribution in [-0.2, 0) is 6.54 Å². The van der Waals surface area contributed by atoms with Crippen molar-refractivity contribution in [3.05, 3.63) is 59.0 Å². The first-order chi connectivity index (χ1) is 9.70. The van der Waals surface area contributed by atoms with Gasteiger partial charge >= 0.3 is 0 Å². The first-order valence-corrected chi connectivity index (χ1v) is 6.75. The van der Waals surface area contributed by atoms with Gasteiger partial charge in [0, 0.05) is 18.0 Å². The van der Waals surface area contributed by atoms with Gasteiger partial charge in [0.2, 0.25) is 0 Å². The number of carbonyl (C=O) groups excluding carboxylic acids is 1. The maximum absolute atomic E-state index is 12.5. The number of nitrogens with zero attached hydrogens (tertiary/aromatic N) is 1. The number of amides is 1. The third-order valence-electron chi connectivity index (χ3n) is 3.48. The zero-order valence-electron chi connectivity index (χ0n) is 11.1. The highest BCUT2D eigenvalue weighted by Crippen LogP contribution is 2.20. The second-order valence-electron chi connectivity index (χ2n) is 5.07. The standard InChI is InChI=1S/C16H16N2O2/c1-2-9-18-14(15(19)17-12-7-8-12)10-11-5-3-4-6-13(11)16(18)20/h2-6,10,12H,1,7-9H2,(H,17,19). The van der Waals surface area contributed by atoms with Crippen molar-refractivity contribution >= 4 is 16.7 Å². The van der Waals surface area contributed by atoms with Gasteiger partial charge in [0.1, 0.15) is 5.69 Å². The smallest absolute Gasteiger partial charge is 0.268 e. The van der Waals surface area contributed by atoms with Crippen LogP contribution in [0.15, 0.2) is 47.8 Å². The third kappa shape index (κ3) is 2.25. The van der Waals surface area contributed by atoms with E-state index in [9.17, 15) is 9.59 Å². The van der Waals surface area contributed by atoms with Gasteiger partial charge in [-0.15, -0.1) is 6.58 Å². The molecule has 20 heavy (non-hydrogen) atoms. The predicted octanol–water partition coefficient (Wildman–Crippen LogP) is 2.08. The van der Waals surface area contributed by atoms with E-state index in [4.69, 9.17) is 0 Å². The summed E-state index contributed by atoms with van der Waals surface area (Å²) in [5.41, 5.74) is 0.254. The Hall–Kier alpha value is -2.36. The maximum atomic E-state index is 12.5. The van der Waals surface area contributed by atoms with Crippen LogP contribution in [0.4, 0.5) is 0 Å². The number of fused-ring (bicyclic) bond motifs is 1. The molecule has 4 heteroatoms. The number of pyridine rings is 1. The second-order valence-corrected chi connectivity index (χ2v) is 5.07. The van der Waals surface area contributed by atoms with Crippen LogP contribution < -0.4 is 10.9 Å². The summed E-state index contributed by atoms with van der Waals surface area (Å²) in [4.78, 5) is 24.8. The van der Waals surface area contributed by atoms with E-state index in [1.54, 1.807) is 18.2 Å². The summed E-state index contributed by atoms with van der Waals surface area (Å²) in [5, 5.41) is 4.34. The molecule has 1 heterocycles. The van der Waals surface area contributed by atoms with E-state index in [0.29, 0.717) is 17.6 Å². The van der Waals surface area contributed by atoms with E-state index in [0.717, 1.165) is 18.2 Å². The highest BCUT2D eigenvalue weighted by Gasteiger charge is 2.25. The van der Waals surface area contributed by atoms with Crippen LogP contribution in [0.3, 0.4) is 0 Å². The zero-order valence-corrected chi connectivity index (χ0v) is 11.1. The highest BCUT2D eigenvalue weighted by atomic mass is 16.2. The van der Waals surface area contributed by atoms with E-state index in [1.165, 1.54) is 4.57 Å². The van der Waals surface area contributed by atoms with E-state index in [2.05, 4.69) is 11.9 Å². The normalized spacial score (nSPS) is 14.2. The molecule has 3 rings (SSSR count). The van der Waals surface area contributed by atoms with Crippen molar-refractivity contribution in [2.75, 3.05) is 0 Å². The Labute approximate surface area is 116 Å². The molecule has 0 saturated heterocycles. The lowest BCUT2D eigenvalue weighted by molar-refractivity contribution is 0.0941. The van der Waals surface area contributed by atoms with E-state index in [-0.39, 0.29) is 17.5 Å². The fourth-order valence-electron chi connectivity index (χ4n) is 2.28. The minimum atomic E-state index is -0.183. The Morgan fingerprint density at radius 1 is 1.40 bits per heavy atom. The van der Waals surface area contributed by atoms with Gasteiger partial charge in [-0.25, -0.2) is 0 Å². The Morgan fingerprint density at radius 3 is 2.85 bits per heavy atom. The lowest BCUT2D eigenvalue weighted by atomic mass is 10.1. The van der Waals surface area contributed by atoms with Crippen molar-refractivity contribution in [1.29, 1.82) is 0 Å². The predicted molar refractivity (Wildman–Crippen MR) is 78.9 cm³/mol. The molecule has 102 valence electrons. The van der Waals surface area contributed by atoms with Gasteiger partial charge in [-0.05, 0) is 30.4 Å². The average Bonchev–Trinajstić information content (AvgIpc) is 3.26. The molecule has 2 aromatic rings. The van der Waals surface area contributed by atoms with Crippen molar-refractivity contribution in [2.45, 2.75) is 25.4 Å². The molecule has 0 unspecified atom stereocenters. The summed E-state index contributed by atoms with van der Waals surface area (Å²) in [5.74, 6) is -0.183. The summed E-state index contributed by atoms with van der Waals surface area (Å²) in [7, 11) is 0. The molecule has 1 fully saturated rings. The Bertz CT molecular complexity index is 742. The summed E-state index contributed by atoms with van der Waals surface area (Å²) in [6.07, 6.45) is 3.67. The number of aromatic nitrogens is 1. The molecule has 0 radical (unpaired) electrons. The Balaban J connectivity index is 2.16. The Morgan fingerprint density at radius 2 is 2.15 bits per heavy atom. The van der Waals surface area contributed by atoms with Gasteiger partial charge in [0.05, 0.1) is 0 Å². The molecule has 0 atom stereocenters.